The Hall–Kier alpha value is -2.87. The Balaban J connectivity index is 1.60. The number of benzene rings is 1. The number of carbonyl (C=O) groups is 1. The van der Waals surface area contributed by atoms with Crippen LogP contribution in [0.15, 0.2) is 40.0 Å². The molecule has 2 N–H and O–H groups in total. The van der Waals surface area contributed by atoms with Crippen molar-refractivity contribution >= 4 is 23.5 Å². The summed E-state index contributed by atoms with van der Waals surface area (Å²) in [7, 11) is 0. The van der Waals surface area contributed by atoms with E-state index in [0.717, 1.165) is 48.2 Å². The number of aromatic amines is 1. The maximum absolute atomic E-state index is 12.9. The molecule has 1 amide bonds. The number of nitrogens with zero attached hydrogens (tertiary/aromatic N) is 3. The fourth-order valence-corrected chi connectivity index (χ4v) is 4.86. The summed E-state index contributed by atoms with van der Waals surface area (Å²) in [5.41, 5.74) is 2.98. The van der Waals surface area contributed by atoms with E-state index >= 15 is 0 Å². The molecule has 0 saturated carbocycles. The molecule has 2 heterocycles. The highest BCUT2D eigenvalue weighted by Gasteiger charge is 2.24. The molecule has 0 saturated heterocycles. The molecule has 8 heteroatoms. The first kappa shape index (κ1) is 24.3. The molecule has 34 heavy (non-hydrogen) atoms. The van der Waals surface area contributed by atoms with Gasteiger partial charge in [0.1, 0.15) is 5.82 Å². The van der Waals surface area contributed by atoms with E-state index in [0.29, 0.717) is 17.0 Å². The SMILES string of the molecule is CC(C)Sc1ccc(CC(=O)Nc2cc(C(C)(C)C)nn2-c2nc3c(c(=O)[nH]2)CCCC3)cc1. The quantitative estimate of drug-likeness (QED) is 0.495. The first-order valence-corrected chi connectivity index (χ1v) is 12.8. The van der Waals surface area contributed by atoms with Crippen molar-refractivity contribution in [3.8, 4) is 5.95 Å². The Bertz CT molecular complexity index is 1240. The number of hydrogen-bond acceptors (Lipinski definition) is 5. The topological polar surface area (TPSA) is 92.7 Å². The average molecular weight is 480 g/mol. The molecule has 3 aromatic rings. The van der Waals surface area contributed by atoms with Gasteiger partial charge in [-0.05, 0) is 43.4 Å². The van der Waals surface area contributed by atoms with Gasteiger partial charge < -0.3 is 5.32 Å². The number of aromatic nitrogens is 4. The second-order valence-electron chi connectivity index (χ2n) is 10.1. The zero-order valence-corrected chi connectivity index (χ0v) is 21.4. The lowest BCUT2D eigenvalue weighted by atomic mass is 9.92. The van der Waals surface area contributed by atoms with Crippen LogP contribution in [0.3, 0.4) is 0 Å². The van der Waals surface area contributed by atoms with E-state index in [1.54, 1.807) is 16.4 Å². The monoisotopic (exact) mass is 479 g/mol. The number of amides is 1. The lowest BCUT2D eigenvalue weighted by Gasteiger charge is -2.16. The molecule has 1 aliphatic carbocycles. The maximum Gasteiger partial charge on any atom is 0.255 e. The first-order chi connectivity index (χ1) is 16.1. The van der Waals surface area contributed by atoms with Gasteiger partial charge in [-0.15, -0.1) is 11.8 Å². The number of aryl methyl sites for hydroxylation is 1. The van der Waals surface area contributed by atoms with Gasteiger partial charge in [0, 0.05) is 27.2 Å². The lowest BCUT2D eigenvalue weighted by molar-refractivity contribution is -0.115. The van der Waals surface area contributed by atoms with Crippen LogP contribution in [0.1, 0.15) is 70.0 Å². The fraction of sp³-hybridized carbons (Fsp3) is 0.462. The summed E-state index contributed by atoms with van der Waals surface area (Å²) in [4.78, 5) is 34.4. The largest absolute Gasteiger partial charge is 0.310 e. The van der Waals surface area contributed by atoms with Crippen molar-refractivity contribution in [3.05, 3.63) is 63.2 Å². The molecule has 0 aliphatic heterocycles. The molecule has 1 aromatic carbocycles. The van der Waals surface area contributed by atoms with E-state index in [9.17, 15) is 9.59 Å². The molecular formula is C26H33N5O2S. The van der Waals surface area contributed by atoms with E-state index in [2.05, 4.69) is 57.1 Å². The molecule has 180 valence electrons. The van der Waals surface area contributed by atoms with Gasteiger partial charge in [-0.2, -0.15) is 9.78 Å². The molecule has 2 aromatic heterocycles. The summed E-state index contributed by atoms with van der Waals surface area (Å²) in [6.07, 6.45) is 3.81. The average Bonchev–Trinajstić information content (AvgIpc) is 3.19. The predicted molar refractivity (Wildman–Crippen MR) is 137 cm³/mol. The van der Waals surface area contributed by atoms with Gasteiger partial charge in [-0.1, -0.05) is 46.8 Å². The van der Waals surface area contributed by atoms with Crippen LogP contribution in [0, 0.1) is 0 Å². The van der Waals surface area contributed by atoms with Gasteiger partial charge >= 0.3 is 0 Å². The van der Waals surface area contributed by atoms with Crippen LogP contribution in [-0.2, 0) is 29.5 Å². The normalized spacial score (nSPS) is 13.7. The summed E-state index contributed by atoms with van der Waals surface area (Å²) in [6.45, 7) is 10.5. The number of nitrogens with one attached hydrogen (secondary N) is 2. The predicted octanol–water partition coefficient (Wildman–Crippen LogP) is 4.81. The summed E-state index contributed by atoms with van der Waals surface area (Å²) < 4.78 is 1.55. The standard InChI is InChI=1S/C26H33N5O2S/c1-16(2)34-18-12-10-17(11-13-18)14-23(32)28-22-15-21(26(3,4)5)30-31(22)25-27-20-9-7-6-8-19(20)24(33)29-25/h10-13,15-16H,6-9,14H2,1-5H3,(H,28,32)(H,27,29,33). The van der Waals surface area contributed by atoms with Crippen LogP contribution in [-0.4, -0.2) is 30.9 Å². The summed E-state index contributed by atoms with van der Waals surface area (Å²) in [5, 5.41) is 8.21. The van der Waals surface area contributed by atoms with E-state index in [1.807, 2.05) is 18.2 Å². The molecule has 1 aliphatic rings. The Morgan fingerprint density at radius 3 is 2.56 bits per heavy atom. The smallest absolute Gasteiger partial charge is 0.255 e. The third-order valence-corrected chi connectivity index (χ3v) is 6.80. The Morgan fingerprint density at radius 2 is 1.88 bits per heavy atom. The Kier molecular flexibility index (Phi) is 6.98. The van der Waals surface area contributed by atoms with Crippen molar-refractivity contribution in [3.63, 3.8) is 0 Å². The zero-order chi connectivity index (χ0) is 24.5. The molecule has 0 spiro atoms. The minimum absolute atomic E-state index is 0.121. The van der Waals surface area contributed by atoms with E-state index < -0.39 is 0 Å². The van der Waals surface area contributed by atoms with Gasteiger partial charge in [-0.25, -0.2) is 4.98 Å². The summed E-state index contributed by atoms with van der Waals surface area (Å²) in [5.74, 6) is 0.693. The number of anilines is 1. The van der Waals surface area contributed by atoms with E-state index in [4.69, 9.17) is 10.1 Å². The molecule has 0 bridgehead atoms. The number of carbonyl (C=O) groups excluding carboxylic acids is 1. The number of fused-ring (bicyclic) bond motifs is 1. The Morgan fingerprint density at radius 1 is 1.18 bits per heavy atom. The summed E-state index contributed by atoms with van der Waals surface area (Å²) >= 11 is 1.80. The zero-order valence-electron chi connectivity index (χ0n) is 20.6. The van der Waals surface area contributed by atoms with Crippen molar-refractivity contribution < 1.29 is 4.79 Å². The van der Waals surface area contributed by atoms with Crippen molar-refractivity contribution in [2.24, 2.45) is 0 Å². The number of thioether (sulfide) groups is 1. The van der Waals surface area contributed by atoms with Gasteiger partial charge in [0.15, 0.2) is 0 Å². The van der Waals surface area contributed by atoms with E-state index in [-0.39, 0.29) is 23.3 Å². The van der Waals surface area contributed by atoms with Crippen molar-refractivity contribution in [2.45, 2.75) is 82.3 Å². The number of rotatable bonds is 6. The minimum atomic E-state index is -0.233. The third kappa shape index (κ3) is 5.60. The van der Waals surface area contributed by atoms with E-state index in [1.165, 1.54) is 4.90 Å². The molecule has 7 nitrogen and oxygen atoms in total. The maximum atomic E-state index is 12.9. The minimum Gasteiger partial charge on any atom is -0.310 e. The van der Waals surface area contributed by atoms with Crippen molar-refractivity contribution in [1.29, 1.82) is 0 Å². The highest BCUT2D eigenvalue weighted by molar-refractivity contribution is 7.99. The molecule has 0 radical (unpaired) electrons. The summed E-state index contributed by atoms with van der Waals surface area (Å²) in [6, 6.07) is 9.95. The molecular weight excluding hydrogens is 446 g/mol. The second kappa shape index (κ2) is 9.78. The molecule has 0 unspecified atom stereocenters. The van der Waals surface area contributed by atoms with Crippen LogP contribution >= 0.6 is 11.8 Å². The highest BCUT2D eigenvalue weighted by atomic mass is 32.2. The first-order valence-electron chi connectivity index (χ1n) is 11.9. The third-order valence-electron chi connectivity index (χ3n) is 5.78. The van der Waals surface area contributed by atoms with Crippen LogP contribution in [0.25, 0.3) is 5.95 Å². The van der Waals surface area contributed by atoms with Crippen LogP contribution in [0.5, 0.6) is 0 Å². The van der Waals surface area contributed by atoms with Crippen molar-refractivity contribution in [1.82, 2.24) is 19.7 Å². The number of hydrogen-bond donors (Lipinski definition) is 2. The van der Waals surface area contributed by atoms with Crippen LogP contribution < -0.4 is 10.9 Å². The van der Waals surface area contributed by atoms with Crippen molar-refractivity contribution in [2.75, 3.05) is 5.32 Å². The van der Waals surface area contributed by atoms with Gasteiger partial charge in [0.2, 0.25) is 11.9 Å². The van der Waals surface area contributed by atoms with Crippen LogP contribution in [0.2, 0.25) is 0 Å². The fourth-order valence-electron chi connectivity index (χ4n) is 4.02. The van der Waals surface area contributed by atoms with Gasteiger partial charge in [0.05, 0.1) is 17.8 Å². The van der Waals surface area contributed by atoms with Gasteiger partial charge in [-0.3, -0.25) is 14.6 Å². The second-order valence-corrected chi connectivity index (χ2v) is 11.8. The molecule has 4 rings (SSSR count). The highest BCUT2D eigenvalue weighted by Crippen LogP contribution is 2.27. The van der Waals surface area contributed by atoms with Crippen LogP contribution in [0.4, 0.5) is 5.82 Å². The Labute approximate surface area is 204 Å². The molecule has 0 atom stereocenters. The lowest BCUT2D eigenvalue weighted by Crippen LogP contribution is -2.25. The number of H-pyrrole nitrogens is 1. The molecule has 0 fully saturated rings. The van der Waals surface area contributed by atoms with Gasteiger partial charge in [0.25, 0.3) is 5.56 Å².